The van der Waals surface area contributed by atoms with Crippen LogP contribution in [0.3, 0.4) is 0 Å². The molecule has 2 aliphatic carbocycles. The number of halogens is 2. The average Bonchev–Trinajstić information content (AvgIpc) is 3.33. The van der Waals surface area contributed by atoms with Crippen LogP contribution in [0.25, 0.3) is 0 Å². The van der Waals surface area contributed by atoms with E-state index < -0.39 is 35.9 Å². The molecule has 7 heteroatoms. The molecule has 1 amide bonds. The van der Waals surface area contributed by atoms with Crippen LogP contribution in [0.2, 0.25) is 0 Å². The molecule has 32 heavy (non-hydrogen) atoms. The van der Waals surface area contributed by atoms with Gasteiger partial charge in [0.2, 0.25) is 0 Å². The number of nitrogens with one attached hydrogen (secondary N) is 1. The van der Waals surface area contributed by atoms with Crippen molar-refractivity contribution < 1.29 is 22.9 Å². The second-order valence-electron chi connectivity index (χ2n) is 10.4. The van der Waals surface area contributed by atoms with Gasteiger partial charge in [-0.3, -0.25) is 4.79 Å². The van der Waals surface area contributed by atoms with Crippen molar-refractivity contribution in [2.45, 2.75) is 76.9 Å². The van der Waals surface area contributed by atoms with Crippen LogP contribution >= 0.6 is 0 Å². The Morgan fingerprint density at radius 2 is 1.69 bits per heavy atom. The standard InChI is InChI=1S/C25H28BF2NO3/c1-14-19(26-31-23(2,3)24(4,5)32-26)12-15(27)13-20(14)29-22(30)17-6-7-18-16(21(17)28)8-9-25(18)10-11-25/h6-7,12-13H,8-11H2,1-5H3,(H,29,30). The quantitative estimate of drug-likeness (QED) is 0.699. The molecule has 2 aromatic rings. The maximum atomic E-state index is 15.2. The van der Waals surface area contributed by atoms with E-state index in [0.29, 0.717) is 23.0 Å². The summed E-state index contributed by atoms with van der Waals surface area (Å²) in [6.07, 6.45) is 3.79. The highest BCUT2D eigenvalue weighted by atomic mass is 19.1. The minimum Gasteiger partial charge on any atom is -0.399 e. The molecule has 0 aromatic heterocycles. The fraction of sp³-hybridized carbons (Fsp3) is 0.480. The molecule has 0 radical (unpaired) electrons. The predicted octanol–water partition coefficient (Wildman–Crippen LogP) is 4.80. The Morgan fingerprint density at radius 1 is 1.03 bits per heavy atom. The molecule has 1 N–H and O–H groups in total. The van der Waals surface area contributed by atoms with Crippen LogP contribution in [-0.4, -0.2) is 24.2 Å². The Morgan fingerprint density at radius 3 is 2.31 bits per heavy atom. The topological polar surface area (TPSA) is 47.6 Å². The van der Waals surface area contributed by atoms with Crippen molar-refractivity contribution >= 4 is 24.2 Å². The van der Waals surface area contributed by atoms with E-state index in [9.17, 15) is 9.18 Å². The van der Waals surface area contributed by atoms with Crippen molar-refractivity contribution in [2.75, 3.05) is 5.32 Å². The number of fused-ring (bicyclic) bond motifs is 2. The first-order valence-corrected chi connectivity index (χ1v) is 11.2. The third-order valence-corrected chi connectivity index (χ3v) is 7.93. The lowest BCUT2D eigenvalue weighted by Gasteiger charge is -2.32. The van der Waals surface area contributed by atoms with Crippen LogP contribution in [0.5, 0.6) is 0 Å². The Bertz CT molecular complexity index is 1120. The number of carbonyl (C=O) groups excluding carboxylic acids is 1. The summed E-state index contributed by atoms with van der Waals surface area (Å²) < 4.78 is 41.8. The van der Waals surface area contributed by atoms with Gasteiger partial charge in [-0.1, -0.05) is 6.07 Å². The zero-order valence-electron chi connectivity index (χ0n) is 19.2. The summed E-state index contributed by atoms with van der Waals surface area (Å²) in [5, 5.41) is 2.71. The third kappa shape index (κ3) is 3.20. The van der Waals surface area contributed by atoms with Crippen LogP contribution in [-0.2, 0) is 21.1 Å². The molecule has 168 valence electrons. The summed E-state index contributed by atoms with van der Waals surface area (Å²) in [6, 6.07) is 6.05. The highest BCUT2D eigenvalue weighted by Gasteiger charge is 2.52. The Balaban J connectivity index is 1.44. The SMILES string of the molecule is Cc1c(NC(=O)c2ccc3c(c2F)CCC32CC2)cc(F)cc1B1OC(C)(C)C(C)(C)O1. The molecule has 5 rings (SSSR count). The van der Waals surface area contributed by atoms with Crippen molar-refractivity contribution in [2.24, 2.45) is 0 Å². The number of hydrogen-bond donors (Lipinski definition) is 1. The van der Waals surface area contributed by atoms with Gasteiger partial charge in [0.25, 0.3) is 5.91 Å². The van der Waals surface area contributed by atoms with Crippen molar-refractivity contribution in [1.29, 1.82) is 0 Å². The van der Waals surface area contributed by atoms with Gasteiger partial charge in [0.15, 0.2) is 0 Å². The predicted molar refractivity (Wildman–Crippen MR) is 120 cm³/mol. The van der Waals surface area contributed by atoms with Gasteiger partial charge in [0.1, 0.15) is 11.6 Å². The number of amides is 1. The normalized spacial score (nSPS) is 21.7. The highest BCUT2D eigenvalue weighted by Crippen LogP contribution is 2.57. The molecule has 0 bridgehead atoms. The van der Waals surface area contributed by atoms with Crippen molar-refractivity contribution in [3.63, 3.8) is 0 Å². The molecular formula is C25H28BF2NO3. The summed E-state index contributed by atoms with van der Waals surface area (Å²) >= 11 is 0. The molecule has 4 nitrogen and oxygen atoms in total. The van der Waals surface area contributed by atoms with Gasteiger partial charge < -0.3 is 14.6 Å². The monoisotopic (exact) mass is 439 g/mol. The molecule has 2 aromatic carbocycles. The van der Waals surface area contributed by atoms with Crippen molar-refractivity contribution in [3.8, 4) is 0 Å². The van der Waals surface area contributed by atoms with E-state index in [2.05, 4.69) is 5.32 Å². The first kappa shape index (κ1) is 21.6. The van der Waals surface area contributed by atoms with E-state index in [1.165, 1.54) is 12.1 Å². The largest absolute Gasteiger partial charge is 0.495 e. The van der Waals surface area contributed by atoms with E-state index in [-0.39, 0.29) is 16.7 Å². The summed E-state index contributed by atoms with van der Waals surface area (Å²) in [7, 11) is -0.766. The van der Waals surface area contributed by atoms with Gasteiger partial charge >= 0.3 is 7.12 Å². The fourth-order valence-corrected chi connectivity index (χ4v) is 4.94. The molecule has 1 saturated carbocycles. The van der Waals surface area contributed by atoms with Gasteiger partial charge in [0, 0.05) is 5.69 Å². The average molecular weight is 439 g/mol. The van der Waals surface area contributed by atoms with Crippen LogP contribution in [0.15, 0.2) is 24.3 Å². The first-order chi connectivity index (χ1) is 14.9. The molecular weight excluding hydrogens is 411 g/mol. The molecule has 1 heterocycles. The second kappa shape index (κ2) is 6.88. The summed E-state index contributed by atoms with van der Waals surface area (Å²) in [4.78, 5) is 13.0. The Hall–Kier alpha value is -2.25. The fourth-order valence-electron chi connectivity index (χ4n) is 4.94. The van der Waals surface area contributed by atoms with Crippen molar-refractivity contribution in [3.05, 3.63) is 58.2 Å². The minimum atomic E-state index is -0.766. The summed E-state index contributed by atoms with van der Waals surface area (Å²) in [5.74, 6) is -1.57. The van der Waals surface area contributed by atoms with E-state index in [1.807, 2.05) is 33.8 Å². The van der Waals surface area contributed by atoms with Gasteiger partial charge in [-0.2, -0.15) is 0 Å². The van der Waals surface area contributed by atoms with Gasteiger partial charge in [-0.25, -0.2) is 8.78 Å². The second-order valence-corrected chi connectivity index (χ2v) is 10.4. The van der Waals surface area contributed by atoms with E-state index in [0.717, 1.165) is 24.8 Å². The summed E-state index contributed by atoms with van der Waals surface area (Å²) in [6.45, 7) is 9.46. The van der Waals surface area contributed by atoms with E-state index in [1.54, 1.807) is 13.0 Å². The van der Waals surface area contributed by atoms with E-state index in [4.69, 9.17) is 9.31 Å². The molecule has 1 spiro atoms. The number of rotatable bonds is 3. The maximum Gasteiger partial charge on any atom is 0.495 e. The number of hydrogen-bond acceptors (Lipinski definition) is 3. The lowest BCUT2D eigenvalue weighted by atomic mass is 9.75. The molecule has 0 atom stereocenters. The van der Waals surface area contributed by atoms with Gasteiger partial charge in [-0.05, 0) is 106 Å². The van der Waals surface area contributed by atoms with Crippen molar-refractivity contribution in [1.82, 2.24) is 0 Å². The molecule has 2 fully saturated rings. The molecule has 1 aliphatic heterocycles. The lowest BCUT2D eigenvalue weighted by Crippen LogP contribution is -2.41. The maximum absolute atomic E-state index is 15.2. The Kier molecular flexibility index (Phi) is 4.64. The highest BCUT2D eigenvalue weighted by molar-refractivity contribution is 6.62. The van der Waals surface area contributed by atoms with Gasteiger partial charge in [0.05, 0.1) is 16.8 Å². The lowest BCUT2D eigenvalue weighted by molar-refractivity contribution is 0.00578. The molecule has 3 aliphatic rings. The van der Waals surface area contributed by atoms with Crippen LogP contribution < -0.4 is 10.8 Å². The minimum absolute atomic E-state index is 0.0118. The molecule has 1 saturated heterocycles. The van der Waals surface area contributed by atoms with Gasteiger partial charge in [-0.15, -0.1) is 0 Å². The number of benzene rings is 2. The van der Waals surface area contributed by atoms with Crippen LogP contribution in [0.1, 0.15) is 74.0 Å². The summed E-state index contributed by atoms with van der Waals surface area (Å²) in [5.41, 5.74) is 2.09. The molecule has 0 unspecified atom stereocenters. The smallest absolute Gasteiger partial charge is 0.399 e. The van der Waals surface area contributed by atoms with Crippen LogP contribution in [0, 0.1) is 18.6 Å². The number of carbonyl (C=O) groups is 1. The first-order valence-electron chi connectivity index (χ1n) is 11.2. The zero-order valence-corrected chi connectivity index (χ0v) is 19.2. The zero-order chi connectivity index (χ0) is 23.1. The third-order valence-electron chi connectivity index (χ3n) is 7.93. The Labute approximate surface area is 187 Å². The van der Waals surface area contributed by atoms with Crippen LogP contribution in [0.4, 0.5) is 14.5 Å². The number of anilines is 1. The van der Waals surface area contributed by atoms with E-state index >= 15 is 4.39 Å².